The Kier molecular flexibility index (Phi) is 4.68. The molecule has 1 aromatic heterocycles. The van der Waals surface area contributed by atoms with Gasteiger partial charge in [-0.15, -0.1) is 0 Å². The quantitative estimate of drug-likeness (QED) is 0.812. The van der Waals surface area contributed by atoms with Crippen molar-refractivity contribution in [3.63, 3.8) is 0 Å². The number of benzene rings is 1. The van der Waals surface area contributed by atoms with Crippen LogP contribution in [-0.4, -0.2) is 27.4 Å². The van der Waals surface area contributed by atoms with E-state index in [1.165, 1.54) is 6.08 Å². The lowest BCUT2D eigenvalue weighted by molar-refractivity contribution is -0.111. The number of hydrogen-bond acceptors (Lipinski definition) is 3. The molecule has 0 unspecified atom stereocenters. The lowest BCUT2D eigenvalue weighted by Gasteiger charge is -2.03. The van der Waals surface area contributed by atoms with Crippen molar-refractivity contribution in [2.45, 2.75) is 6.42 Å². The lowest BCUT2D eigenvalue weighted by atomic mass is 10.1. The third kappa shape index (κ3) is 3.80. The molecule has 0 saturated carbocycles. The Morgan fingerprint density at radius 2 is 2.10 bits per heavy atom. The number of aromatic nitrogens is 2. The summed E-state index contributed by atoms with van der Waals surface area (Å²) in [7, 11) is 1.82. The van der Waals surface area contributed by atoms with Crippen LogP contribution in [0.3, 0.4) is 0 Å². The lowest BCUT2D eigenvalue weighted by Crippen LogP contribution is -2.08. The number of hydrogen-bond donors (Lipinski definition) is 2. The first-order valence-electron chi connectivity index (χ1n) is 6.36. The summed E-state index contributed by atoms with van der Waals surface area (Å²) in [6.07, 6.45) is 5.48. The molecule has 20 heavy (non-hydrogen) atoms. The van der Waals surface area contributed by atoms with Gasteiger partial charge in [-0.1, -0.05) is 12.1 Å². The van der Waals surface area contributed by atoms with Gasteiger partial charge >= 0.3 is 0 Å². The van der Waals surface area contributed by atoms with E-state index in [0.29, 0.717) is 6.42 Å². The zero-order chi connectivity index (χ0) is 14.4. The highest BCUT2D eigenvalue weighted by Crippen LogP contribution is 2.10. The van der Waals surface area contributed by atoms with Gasteiger partial charge in [0.2, 0.25) is 5.91 Å². The molecule has 104 valence electrons. The van der Waals surface area contributed by atoms with Gasteiger partial charge in [0.05, 0.1) is 5.69 Å². The van der Waals surface area contributed by atoms with Crippen LogP contribution >= 0.6 is 0 Å². The van der Waals surface area contributed by atoms with E-state index in [2.05, 4.69) is 10.4 Å². The summed E-state index contributed by atoms with van der Waals surface area (Å²) in [6, 6.07) is 9.24. The van der Waals surface area contributed by atoms with E-state index in [9.17, 15) is 4.79 Å². The van der Waals surface area contributed by atoms with Crippen LogP contribution in [0.5, 0.6) is 0 Å². The van der Waals surface area contributed by atoms with Gasteiger partial charge in [0, 0.05) is 31.6 Å². The largest absolute Gasteiger partial charge is 0.396 e. The van der Waals surface area contributed by atoms with Gasteiger partial charge in [-0.3, -0.25) is 9.48 Å². The van der Waals surface area contributed by atoms with Crippen LogP contribution in [0.2, 0.25) is 0 Å². The second-order valence-electron chi connectivity index (χ2n) is 4.37. The van der Waals surface area contributed by atoms with Crippen molar-refractivity contribution in [2.24, 2.45) is 7.05 Å². The zero-order valence-corrected chi connectivity index (χ0v) is 11.3. The molecule has 1 amide bonds. The maximum atomic E-state index is 11.8. The Labute approximate surface area is 117 Å². The van der Waals surface area contributed by atoms with Crippen LogP contribution < -0.4 is 5.32 Å². The van der Waals surface area contributed by atoms with Crippen LogP contribution in [0.4, 0.5) is 5.69 Å². The molecule has 2 rings (SSSR count). The van der Waals surface area contributed by atoms with Gasteiger partial charge in [-0.05, 0) is 36.3 Å². The van der Waals surface area contributed by atoms with Crippen molar-refractivity contribution < 1.29 is 9.90 Å². The maximum absolute atomic E-state index is 11.8. The average Bonchev–Trinajstić information content (AvgIpc) is 2.84. The summed E-state index contributed by atoms with van der Waals surface area (Å²) in [6.45, 7) is 0.124. The van der Waals surface area contributed by atoms with Crippen LogP contribution in [-0.2, 0) is 18.3 Å². The fraction of sp³-hybridized carbons (Fsp3) is 0.200. The van der Waals surface area contributed by atoms with E-state index in [1.807, 2.05) is 37.4 Å². The molecular formula is C15H17N3O2. The third-order valence-electron chi connectivity index (χ3n) is 2.89. The number of carbonyl (C=O) groups is 1. The van der Waals surface area contributed by atoms with E-state index in [0.717, 1.165) is 16.9 Å². The standard InChI is InChI=1S/C15H17N3O2/c1-18-14(8-10-16-18)6-7-15(20)17-13-4-2-12(3-5-13)9-11-19/h2-8,10,19H,9,11H2,1H3,(H,17,20). The number of aliphatic hydroxyl groups excluding tert-OH is 1. The van der Waals surface area contributed by atoms with E-state index in [4.69, 9.17) is 5.11 Å². The normalized spacial score (nSPS) is 10.9. The first-order chi connectivity index (χ1) is 9.69. The van der Waals surface area contributed by atoms with Crippen molar-refractivity contribution in [1.82, 2.24) is 9.78 Å². The molecule has 0 radical (unpaired) electrons. The Morgan fingerprint density at radius 1 is 1.35 bits per heavy atom. The topological polar surface area (TPSA) is 67.2 Å². The average molecular weight is 271 g/mol. The van der Waals surface area contributed by atoms with E-state index < -0.39 is 0 Å². The molecule has 0 spiro atoms. The van der Waals surface area contributed by atoms with Crippen LogP contribution in [0.15, 0.2) is 42.6 Å². The molecule has 5 heteroatoms. The van der Waals surface area contributed by atoms with Crippen molar-refractivity contribution in [1.29, 1.82) is 0 Å². The molecule has 5 nitrogen and oxygen atoms in total. The van der Waals surface area contributed by atoms with Crippen molar-refractivity contribution in [3.8, 4) is 0 Å². The molecule has 0 fully saturated rings. The highest BCUT2D eigenvalue weighted by Gasteiger charge is 1.99. The fourth-order valence-corrected chi connectivity index (χ4v) is 1.78. The summed E-state index contributed by atoms with van der Waals surface area (Å²) in [5.74, 6) is -0.193. The predicted octanol–water partition coefficient (Wildman–Crippen LogP) is 1.61. The van der Waals surface area contributed by atoms with Gasteiger partial charge in [0.15, 0.2) is 0 Å². The summed E-state index contributed by atoms with van der Waals surface area (Å²) in [5, 5.41) is 15.6. The number of aryl methyl sites for hydroxylation is 1. The molecule has 2 aromatic rings. The molecule has 1 aromatic carbocycles. The second-order valence-corrected chi connectivity index (χ2v) is 4.37. The van der Waals surface area contributed by atoms with Gasteiger partial charge in [0.1, 0.15) is 0 Å². The van der Waals surface area contributed by atoms with Gasteiger partial charge in [-0.2, -0.15) is 5.10 Å². The number of nitrogens with one attached hydrogen (secondary N) is 1. The first kappa shape index (κ1) is 14.0. The van der Waals surface area contributed by atoms with E-state index >= 15 is 0 Å². The third-order valence-corrected chi connectivity index (χ3v) is 2.89. The minimum absolute atomic E-state index is 0.124. The van der Waals surface area contributed by atoms with Crippen LogP contribution in [0.25, 0.3) is 6.08 Å². The maximum Gasteiger partial charge on any atom is 0.248 e. The number of nitrogens with zero attached hydrogens (tertiary/aromatic N) is 2. The van der Waals surface area contributed by atoms with Crippen molar-refractivity contribution in [2.75, 3.05) is 11.9 Å². The second kappa shape index (κ2) is 6.68. The summed E-state index contributed by atoms with van der Waals surface area (Å²) < 4.78 is 1.69. The number of amides is 1. The summed E-state index contributed by atoms with van der Waals surface area (Å²) in [4.78, 5) is 11.8. The minimum Gasteiger partial charge on any atom is -0.396 e. The molecule has 0 aliphatic heterocycles. The summed E-state index contributed by atoms with van der Waals surface area (Å²) >= 11 is 0. The highest BCUT2D eigenvalue weighted by atomic mass is 16.2. The molecule has 0 bridgehead atoms. The Morgan fingerprint density at radius 3 is 2.70 bits per heavy atom. The highest BCUT2D eigenvalue weighted by molar-refractivity contribution is 6.01. The monoisotopic (exact) mass is 271 g/mol. The fourth-order valence-electron chi connectivity index (χ4n) is 1.78. The van der Waals surface area contributed by atoms with E-state index in [1.54, 1.807) is 17.0 Å². The van der Waals surface area contributed by atoms with Crippen molar-refractivity contribution in [3.05, 3.63) is 53.9 Å². The van der Waals surface area contributed by atoms with Crippen molar-refractivity contribution >= 4 is 17.7 Å². The number of carbonyl (C=O) groups excluding carboxylic acids is 1. The molecule has 2 N–H and O–H groups in total. The van der Waals surface area contributed by atoms with Crippen LogP contribution in [0.1, 0.15) is 11.3 Å². The molecule has 1 heterocycles. The van der Waals surface area contributed by atoms with Crippen LogP contribution in [0, 0.1) is 0 Å². The number of aliphatic hydroxyl groups is 1. The molecule has 0 aliphatic carbocycles. The molecule has 0 aliphatic rings. The van der Waals surface area contributed by atoms with Gasteiger partial charge in [-0.25, -0.2) is 0 Å². The SMILES string of the molecule is Cn1nccc1C=CC(=O)Nc1ccc(CCO)cc1. The Balaban J connectivity index is 1.94. The first-order valence-corrected chi connectivity index (χ1v) is 6.36. The molecule has 0 saturated heterocycles. The van der Waals surface area contributed by atoms with Gasteiger partial charge in [0.25, 0.3) is 0 Å². The zero-order valence-electron chi connectivity index (χ0n) is 11.3. The predicted molar refractivity (Wildman–Crippen MR) is 78.1 cm³/mol. The van der Waals surface area contributed by atoms with E-state index in [-0.39, 0.29) is 12.5 Å². The molecular weight excluding hydrogens is 254 g/mol. The number of rotatable bonds is 5. The molecule has 0 atom stereocenters. The van der Waals surface area contributed by atoms with Gasteiger partial charge < -0.3 is 10.4 Å². The minimum atomic E-state index is -0.193. The smallest absolute Gasteiger partial charge is 0.248 e. The summed E-state index contributed by atoms with van der Waals surface area (Å²) in [5.41, 5.74) is 2.63. The Hall–Kier alpha value is -2.40. The Bertz CT molecular complexity index is 600. The number of anilines is 1.